The molecule has 1 unspecified atom stereocenters. The van der Waals surface area contributed by atoms with E-state index in [4.69, 9.17) is 4.74 Å². The Hall–Kier alpha value is -2.19. The Bertz CT molecular complexity index is 794. The van der Waals surface area contributed by atoms with Crippen LogP contribution in [-0.4, -0.2) is 29.4 Å². The molecule has 0 radical (unpaired) electrons. The van der Waals surface area contributed by atoms with Crippen molar-refractivity contribution in [2.24, 2.45) is 0 Å². The topological polar surface area (TPSA) is 67.4 Å². The Balaban J connectivity index is 1.48. The minimum atomic E-state index is -0.852. The summed E-state index contributed by atoms with van der Waals surface area (Å²) in [7, 11) is 0. The van der Waals surface area contributed by atoms with Crippen LogP contribution < -0.4 is 15.6 Å². The largest absolute Gasteiger partial charge is 0.481 e. The van der Waals surface area contributed by atoms with E-state index < -0.39 is 17.9 Å². The second-order valence-corrected chi connectivity index (χ2v) is 8.58. The predicted octanol–water partition coefficient (Wildman–Crippen LogP) is 3.53. The summed E-state index contributed by atoms with van der Waals surface area (Å²) in [5, 5.41) is 0. The fourth-order valence-corrected chi connectivity index (χ4v) is 5.26. The van der Waals surface area contributed by atoms with Crippen molar-refractivity contribution < 1.29 is 18.7 Å². The number of carbonyl (C=O) groups excluding carboxylic acids is 2. The second kappa shape index (κ2) is 9.14. The first kappa shape index (κ1) is 19.6. The molecule has 5 nitrogen and oxygen atoms in total. The van der Waals surface area contributed by atoms with Crippen LogP contribution in [0.3, 0.4) is 0 Å². The van der Waals surface area contributed by atoms with Crippen molar-refractivity contribution in [2.75, 3.05) is 11.5 Å². The molecule has 1 fully saturated rings. The van der Waals surface area contributed by atoms with Gasteiger partial charge in [-0.15, -0.1) is 23.5 Å². The summed E-state index contributed by atoms with van der Waals surface area (Å²) in [6, 6.07) is 12.7. The van der Waals surface area contributed by atoms with Crippen LogP contribution >= 0.6 is 23.5 Å². The summed E-state index contributed by atoms with van der Waals surface area (Å²) in [6.07, 6.45) is -0.852. The molecule has 2 amide bonds. The van der Waals surface area contributed by atoms with E-state index in [1.807, 2.05) is 35.7 Å². The average molecular weight is 407 g/mol. The van der Waals surface area contributed by atoms with Gasteiger partial charge in [-0.25, -0.2) is 4.39 Å². The quantitative estimate of drug-likeness (QED) is 0.744. The van der Waals surface area contributed by atoms with Gasteiger partial charge in [0.2, 0.25) is 0 Å². The van der Waals surface area contributed by atoms with Gasteiger partial charge >= 0.3 is 0 Å². The van der Waals surface area contributed by atoms with Gasteiger partial charge in [-0.2, -0.15) is 0 Å². The number of ether oxygens (including phenoxy) is 1. The molecule has 0 aromatic heterocycles. The molecule has 0 saturated carbocycles. The first-order chi connectivity index (χ1) is 13.0. The van der Waals surface area contributed by atoms with E-state index in [-0.39, 0.29) is 5.82 Å². The SMILES string of the molecule is CC(Oc1ccc(F)cc1)C(=O)NNC(=O)c1ccc(C2SCCS2)cc1. The summed E-state index contributed by atoms with van der Waals surface area (Å²) >= 11 is 3.80. The Morgan fingerprint density at radius 3 is 2.30 bits per heavy atom. The summed E-state index contributed by atoms with van der Waals surface area (Å²) in [5.41, 5.74) is 6.35. The maximum Gasteiger partial charge on any atom is 0.279 e. The van der Waals surface area contributed by atoms with Gasteiger partial charge in [0.1, 0.15) is 11.6 Å². The number of thioether (sulfide) groups is 2. The van der Waals surface area contributed by atoms with Crippen molar-refractivity contribution in [2.45, 2.75) is 17.6 Å². The first-order valence-corrected chi connectivity index (χ1v) is 10.5. The molecule has 1 heterocycles. The van der Waals surface area contributed by atoms with Gasteiger partial charge in [0.25, 0.3) is 11.8 Å². The van der Waals surface area contributed by atoms with Crippen LogP contribution in [-0.2, 0) is 4.79 Å². The van der Waals surface area contributed by atoms with Crippen molar-refractivity contribution in [3.63, 3.8) is 0 Å². The lowest BCUT2D eigenvalue weighted by Gasteiger charge is -2.15. The maximum absolute atomic E-state index is 12.9. The summed E-state index contributed by atoms with van der Waals surface area (Å²) in [4.78, 5) is 24.2. The van der Waals surface area contributed by atoms with Crippen LogP contribution in [0.25, 0.3) is 0 Å². The van der Waals surface area contributed by atoms with Gasteiger partial charge in [0.05, 0.1) is 4.58 Å². The molecule has 1 aliphatic heterocycles. The van der Waals surface area contributed by atoms with Crippen molar-refractivity contribution in [3.05, 3.63) is 65.5 Å². The number of halogens is 1. The highest BCUT2D eigenvalue weighted by atomic mass is 32.2. The molecule has 0 bridgehead atoms. The fourth-order valence-electron chi connectivity index (χ4n) is 2.41. The van der Waals surface area contributed by atoms with Crippen molar-refractivity contribution in [1.82, 2.24) is 10.9 Å². The molecular formula is C19H19FN2O3S2. The zero-order chi connectivity index (χ0) is 19.2. The van der Waals surface area contributed by atoms with Crippen molar-refractivity contribution in [1.29, 1.82) is 0 Å². The number of amides is 2. The molecule has 142 valence electrons. The number of carbonyl (C=O) groups is 2. The molecular weight excluding hydrogens is 387 g/mol. The van der Waals surface area contributed by atoms with Crippen molar-refractivity contribution in [3.8, 4) is 5.75 Å². The zero-order valence-electron chi connectivity index (χ0n) is 14.6. The number of rotatable bonds is 5. The maximum atomic E-state index is 12.9. The molecule has 1 atom stereocenters. The van der Waals surface area contributed by atoms with Gasteiger partial charge in [0, 0.05) is 17.1 Å². The molecule has 0 spiro atoms. The Labute approximate surface area is 165 Å². The van der Waals surface area contributed by atoms with Crippen LogP contribution in [0.5, 0.6) is 5.75 Å². The van der Waals surface area contributed by atoms with Gasteiger partial charge in [-0.1, -0.05) is 12.1 Å². The molecule has 27 heavy (non-hydrogen) atoms. The van der Waals surface area contributed by atoms with Gasteiger partial charge in [-0.05, 0) is 48.9 Å². The van der Waals surface area contributed by atoms with Gasteiger partial charge in [-0.3, -0.25) is 20.4 Å². The van der Waals surface area contributed by atoms with Crippen molar-refractivity contribution >= 4 is 35.3 Å². The lowest BCUT2D eigenvalue weighted by Crippen LogP contribution is -2.47. The minimum absolute atomic E-state index is 0.364. The lowest BCUT2D eigenvalue weighted by molar-refractivity contribution is -0.128. The Morgan fingerprint density at radius 1 is 1.04 bits per heavy atom. The third-order valence-corrected chi connectivity index (χ3v) is 6.97. The van der Waals surface area contributed by atoms with E-state index >= 15 is 0 Å². The number of hydrogen-bond donors (Lipinski definition) is 2. The van der Waals surface area contributed by atoms with E-state index in [0.717, 1.165) is 11.5 Å². The highest BCUT2D eigenvalue weighted by molar-refractivity contribution is 8.19. The predicted molar refractivity (Wildman–Crippen MR) is 106 cm³/mol. The first-order valence-electron chi connectivity index (χ1n) is 8.38. The van der Waals surface area contributed by atoms with Gasteiger partial charge < -0.3 is 4.74 Å². The van der Waals surface area contributed by atoms with Gasteiger partial charge in [0.15, 0.2) is 6.10 Å². The van der Waals surface area contributed by atoms with E-state index in [0.29, 0.717) is 15.9 Å². The van der Waals surface area contributed by atoms with Crippen LogP contribution in [0.4, 0.5) is 4.39 Å². The number of benzene rings is 2. The minimum Gasteiger partial charge on any atom is -0.481 e. The van der Waals surface area contributed by atoms with E-state index in [1.165, 1.54) is 36.8 Å². The smallest absolute Gasteiger partial charge is 0.279 e. The molecule has 2 aromatic carbocycles. The van der Waals surface area contributed by atoms with Crippen LogP contribution in [0.2, 0.25) is 0 Å². The van der Waals surface area contributed by atoms with Crippen LogP contribution in [0.15, 0.2) is 48.5 Å². The highest BCUT2D eigenvalue weighted by Gasteiger charge is 2.19. The summed E-state index contributed by atoms with van der Waals surface area (Å²) < 4.78 is 18.7. The standard InChI is InChI=1S/C19H19FN2O3S2/c1-12(25-16-8-6-15(20)7-9-16)17(23)21-22-18(24)13-2-4-14(5-3-13)19-26-10-11-27-19/h2-9,12,19H,10-11H2,1H3,(H,21,23)(H,22,24). The molecule has 1 saturated heterocycles. The van der Waals surface area contributed by atoms with E-state index in [2.05, 4.69) is 10.9 Å². The summed E-state index contributed by atoms with van der Waals surface area (Å²) in [5.74, 6) is 1.34. The number of hydrazine groups is 1. The van der Waals surface area contributed by atoms with Crippen LogP contribution in [0, 0.1) is 5.82 Å². The molecule has 0 aliphatic carbocycles. The molecule has 2 aromatic rings. The molecule has 1 aliphatic rings. The normalized spacial score (nSPS) is 15.2. The third kappa shape index (κ3) is 5.40. The average Bonchev–Trinajstić information content (AvgIpc) is 3.22. The monoisotopic (exact) mass is 406 g/mol. The lowest BCUT2D eigenvalue weighted by atomic mass is 10.1. The Kier molecular flexibility index (Phi) is 6.63. The zero-order valence-corrected chi connectivity index (χ0v) is 16.2. The Morgan fingerprint density at radius 2 is 1.67 bits per heavy atom. The van der Waals surface area contributed by atoms with E-state index in [1.54, 1.807) is 12.1 Å². The molecule has 2 N–H and O–H groups in total. The summed E-state index contributed by atoms with van der Waals surface area (Å²) in [6.45, 7) is 1.54. The number of nitrogens with one attached hydrogen (secondary N) is 2. The van der Waals surface area contributed by atoms with Crippen LogP contribution in [0.1, 0.15) is 27.4 Å². The molecule has 8 heteroatoms. The second-order valence-electron chi connectivity index (χ2n) is 5.85. The molecule has 3 rings (SSSR count). The number of hydrogen-bond acceptors (Lipinski definition) is 5. The fraction of sp³-hybridized carbons (Fsp3) is 0.263. The highest BCUT2D eigenvalue weighted by Crippen LogP contribution is 2.45. The third-order valence-electron chi connectivity index (χ3n) is 3.86. The van der Waals surface area contributed by atoms with E-state index in [9.17, 15) is 14.0 Å².